The van der Waals surface area contributed by atoms with Crippen LogP contribution in [0.2, 0.25) is 0 Å². The Morgan fingerprint density at radius 1 is 1.00 bits per heavy atom. The third-order valence-electron chi connectivity index (χ3n) is 5.43. The van der Waals surface area contributed by atoms with Crippen molar-refractivity contribution < 1.29 is 4.39 Å². The predicted molar refractivity (Wildman–Crippen MR) is 132 cm³/mol. The van der Waals surface area contributed by atoms with Crippen LogP contribution in [-0.2, 0) is 0 Å². The number of nitrogens with zero attached hydrogens (tertiary/aromatic N) is 5. The van der Waals surface area contributed by atoms with E-state index >= 15 is 4.39 Å². The summed E-state index contributed by atoms with van der Waals surface area (Å²) in [6.45, 7) is 4.06. The predicted octanol–water partition coefficient (Wildman–Crippen LogP) is 5.65. The summed E-state index contributed by atoms with van der Waals surface area (Å²) >= 11 is 1.59. The van der Waals surface area contributed by atoms with Crippen LogP contribution in [0, 0.1) is 5.82 Å². The maximum atomic E-state index is 15.9. The third-order valence-corrected chi connectivity index (χ3v) is 6.11. The fraction of sp³-hybridized carbons (Fsp3) is 0.125. The number of aromatic nitrogens is 7. The molecule has 0 fully saturated rings. The van der Waals surface area contributed by atoms with Gasteiger partial charge in [0.2, 0.25) is 0 Å². The Bertz CT molecular complexity index is 1630. The first-order valence-electron chi connectivity index (χ1n) is 10.7. The summed E-state index contributed by atoms with van der Waals surface area (Å²) in [7, 11) is 0. The van der Waals surface area contributed by atoms with Crippen LogP contribution in [-0.4, -0.2) is 41.2 Å². The first kappa shape index (κ1) is 20.4. The lowest BCUT2D eigenvalue weighted by Gasteiger charge is -2.11. The van der Waals surface area contributed by atoms with Gasteiger partial charge in [-0.15, -0.1) is 0 Å². The summed E-state index contributed by atoms with van der Waals surface area (Å²) in [6, 6.07) is 5.90. The summed E-state index contributed by atoms with van der Waals surface area (Å²) in [4.78, 5) is 21.1. The molecule has 10 heteroatoms. The molecule has 3 N–H and O–H groups in total. The molecule has 0 unspecified atom stereocenters. The number of imidazole rings is 1. The van der Waals surface area contributed by atoms with Crippen LogP contribution in [0.4, 0.5) is 10.1 Å². The zero-order valence-corrected chi connectivity index (χ0v) is 19.1. The molecule has 0 amide bonds. The molecule has 6 aromatic rings. The minimum Gasteiger partial charge on any atom is -0.382 e. The monoisotopic (exact) mass is 470 g/mol. The molecule has 0 aliphatic carbocycles. The van der Waals surface area contributed by atoms with Gasteiger partial charge in [0, 0.05) is 41.1 Å². The van der Waals surface area contributed by atoms with Gasteiger partial charge in [0.1, 0.15) is 16.9 Å². The molecule has 0 saturated heterocycles. The minimum atomic E-state index is -0.485. The highest BCUT2D eigenvalue weighted by molar-refractivity contribution is 7.08. The van der Waals surface area contributed by atoms with E-state index in [0.29, 0.717) is 33.5 Å². The first-order valence-corrected chi connectivity index (χ1v) is 11.6. The number of aromatic amines is 2. The van der Waals surface area contributed by atoms with E-state index in [9.17, 15) is 0 Å². The lowest BCUT2D eigenvalue weighted by molar-refractivity contribution is 0.638. The zero-order valence-electron chi connectivity index (χ0n) is 18.3. The van der Waals surface area contributed by atoms with Gasteiger partial charge in [-0.25, -0.2) is 9.37 Å². The van der Waals surface area contributed by atoms with E-state index in [-0.39, 0.29) is 11.7 Å². The molecule has 34 heavy (non-hydrogen) atoms. The van der Waals surface area contributed by atoms with Crippen molar-refractivity contribution in [2.24, 2.45) is 0 Å². The highest BCUT2D eigenvalue weighted by Gasteiger charge is 2.21. The number of rotatable bonds is 5. The Labute approximate surface area is 197 Å². The number of nitrogens with one attached hydrogen (secondary N) is 3. The molecule has 8 nitrogen and oxygen atoms in total. The van der Waals surface area contributed by atoms with E-state index in [1.807, 2.05) is 42.8 Å². The van der Waals surface area contributed by atoms with Gasteiger partial charge in [-0.2, -0.15) is 16.4 Å². The minimum absolute atomic E-state index is 0.201. The molecule has 0 spiro atoms. The average molecular weight is 471 g/mol. The molecule has 0 bridgehead atoms. The van der Waals surface area contributed by atoms with E-state index in [4.69, 9.17) is 4.98 Å². The van der Waals surface area contributed by atoms with Crippen molar-refractivity contribution in [3.63, 3.8) is 0 Å². The molecule has 6 aromatic heterocycles. The van der Waals surface area contributed by atoms with Crippen LogP contribution >= 0.6 is 11.3 Å². The van der Waals surface area contributed by atoms with Crippen molar-refractivity contribution in [3.05, 3.63) is 59.6 Å². The van der Waals surface area contributed by atoms with Gasteiger partial charge in [-0.05, 0) is 37.4 Å². The number of pyridine rings is 3. The van der Waals surface area contributed by atoms with Gasteiger partial charge in [0.25, 0.3) is 0 Å². The fourth-order valence-electron chi connectivity index (χ4n) is 3.99. The number of fused-ring (bicyclic) bond motifs is 2. The third kappa shape index (κ3) is 3.39. The molecule has 168 valence electrons. The van der Waals surface area contributed by atoms with Gasteiger partial charge in [-0.1, -0.05) is 0 Å². The lowest BCUT2D eigenvalue weighted by atomic mass is 10.1. The highest BCUT2D eigenvalue weighted by atomic mass is 32.1. The van der Waals surface area contributed by atoms with Gasteiger partial charge in [0.05, 0.1) is 34.0 Å². The summed E-state index contributed by atoms with van der Waals surface area (Å²) < 4.78 is 15.9. The SMILES string of the molecule is CC(C)Nc1cncc(-c2ncc3[nH]nc(-c4nc5c(-c6ccsc6)nccc5[nH]4)c3c2F)c1. The molecular formula is C24H19FN8S. The molecule has 6 heterocycles. The molecule has 0 radical (unpaired) electrons. The summed E-state index contributed by atoms with van der Waals surface area (Å²) in [6.07, 6.45) is 6.61. The van der Waals surface area contributed by atoms with Crippen molar-refractivity contribution in [1.82, 2.24) is 35.1 Å². The van der Waals surface area contributed by atoms with Gasteiger partial charge in [0.15, 0.2) is 11.6 Å². The number of thiophene rings is 1. The smallest absolute Gasteiger partial charge is 0.161 e. The Morgan fingerprint density at radius 2 is 1.91 bits per heavy atom. The van der Waals surface area contributed by atoms with Crippen LogP contribution in [0.25, 0.3) is 56.0 Å². The topological polar surface area (TPSA) is 108 Å². The first-order chi connectivity index (χ1) is 16.6. The summed E-state index contributed by atoms with van der Waals surface area (Å²) in [5, 5.41) is 14.9. The molecule has 0 aliphatic heterocycles. The molecule has 6 rings (SSSR count). The van der Waals surface area contributed by atoms with Gasteiger partial charge in [-0.3, -0.25) is 20.1 Å². The number of hydrogen-bond acceptors (Lipinski definition) is 7. The normalized spacial score (nSPS) is 11.6. The van der Waals surface area contributed by atoms with Crippen LogP contribution in [0.3, 0.4) is 0 Å². The summed E-state index contributed by atoms with van der Waals surface area (Å²) in [5.41, 5.74) is 5.70. The maximum absolute atomic E-state index is 15.9. The second kappa shape index (κ2) is 7.99. The van der Waals surface area contributed by atoms with E-state index in [2.05, 4.69) is 35.5 Å². The lowest BCUT2D eigenvalue weighted by Crippen LogP contribution is -2.09. The number of halogens is 1. The second-order valence-corrected chi connectivity index (χ2v) is 8.98. The van der Waals surface area contributed by atoms with Gasteiger partial charge < -0.3 is 10.3 Å². The van der Waals surface area contributed by atoms with E-state index in [1.54, 1.807) is 36.1 Å². The van der Waals surface area contributed by atoms with Crippen LogP contribution in [0.5, 0.6) is 0 Å². The Kier molecular flexibility index (Phi) is 4.80. The number of H-pyrrole nitrogens is 2. The Balaban J connectivity index is 1.50. The van der Waals surface area contributed by atoms with E-state index in [0.717, 1.165) is 22.5 Å². The van der Waals surface area contributed by atoms with E-state index < -0.39 is 5.82 Å². The summed E-state index contributed by atoms with van der Waals surface area (Å²) in [5.74, 6) is -0.0310. The number of anilines is 1. The standard InChI is InChI=1S/C24H19FN8S/c1-12(2)29-15-7-14(8-26-9-15)20-19(25)18-17(10-28-20)32-33-23(18)24-30-16-3-5-27-21(22(16)31-24)13-4-6-34-11-13/h3-12,29H,1-2H3,(H,30,31)(H,32,33). The van der Waals surface area contributed by atoms with Crippen LogP contribution in [0.15, 0.2) is 53.7 Å². The molecule has 0 aromatic carbocycles. The quantitative estimate of drug-likeness (QED) is 0.301. The van der Waals surface area contributed by atoms with Crippen LogP contribution in [0.1, 0.15) is 13.8 Å². The van der Waals surface area contributed by atoms with Crippen molar-refractivity contribution in [2.75, 3.05) is 5.32 Å². The van der Waals surface area contributed by atoms with Crippen molar-refractivity contribution in [2.45, 2.75) is 19.9 Å². The van der Waals surface area contributed by atoms with Crippen molar-refractivity contribution in [1.29, 1.82) is 0 Å². The zero-order chi connectivity index (χ0) is 23.2. The second-order valence-electron chi connectivity index (χ2n) is 8.20. The van der Waals surface area contributed by atoms with Crippen molar-refractivity contribution in [3.8, 4) is 34.0 Å². The average Bonchev–Trinajstić information content (AvgIpc) is 3.57. The largest absolute Gasteiger partial charge is 0.382 e. The maximum Gasteiger partial charge on any atom is 0.161 e. The molecule has 0 saturated carbocycles. The highest BCUT2D eigenvalue weighted by Crippen LogP contribution is 2.34. The Hall–Kier alpha value is -4.18. The van der Waals surface area contributed by atoms with E-state index in [1.165, 1.54) is 0 Å². The molecular weight excluding hydrogens is 451 g/mol. The van der Waals surface area contributed by atoms with Gasteiger partial charge >= 0.3 is 0 Å². The molecule has 0 atom stereocenters. The number of hydrogen-bond donors (Lipinski definition) is 3. The fourth-order valence-corrected chi connectivity index (χ4v) is 4.63. The van der Waals surface area contributed by atoms with Crippen molar-refractivity contribution >= 4 is 39.0 Å². The molecule has 0 aliphatic rings. The Morgan fingerprint density at radius 3 is 2.74 bits per heavy atom. The van der Waals surface area contributed by atoms with Crippen LogP contribution < -0.4 is 5.32 Å².